The van der Waals surface area contributed by atoms with Crippen LogP contribution in [-0.4, -0.2) is 28.9 Å². The number of carbonyl (C=O) groups excluding carboxylic acids is 2. The van der Waals surface area contributed by atoms with Gasteiger partial charge in [0, 0.05) is 15.6 Å². The lowest BCUT2D eigenvalue weighted by atomic mass is 10.1. The van der Waals surface area contributed by atoms with Gasteiger partial charge in [-0.25, -0.2) is 4.79 Å². The van der Waals surface area contributed by atoms with Crippen LogP contribution in [0.25, 0.3) is 16.0 Å². The van der Waals surface area contributed by atoms with Crippen LogP contribution in [-0.2, 0) is 9.53 Å². The van der Waals surface area contributed by atoms with Gasteiger partial charge in [0.2, 0.25) is 0 Å². The van der Waals surface area contributed by atoms with Gasteiger partial charge in [-0.1, -0.05) is 41.9 Å². The van der Waals surface area contributed by atoms with E-state index in [-0.39, 0.29) is 11.5 Å². The minimum absolute atomic E-state index is 0.0563. The van der Waals surface area contributed by atoms with E-state index in [1.54, 1.807) is 31.2 Å². The molecule has 3 aromatic rings. The van der Waals surface area contributed by atoms with Crippen LogP contribution >= 0.6 is 22.9 Å². The van der Waals surface area contributed by atoms with E-state index < -0.39 is 17.5 Å². The van der Waals surface area contributed by atoms with Crippen molar-refractivity contribution in [1.29, 1.82) is 0 Å². The molecule has 0 fully saturated rings. The van der Waals surface area contributed by atoms with Gasteiger partial charge in [-0.3, -0.25) is 4.79 Å². The molecule has 0 saturated heterocycles. The molecule has 0 amide bonds. The number of carbonyl (C=O) groups is 2. The van der Waals surface area contributed by atoms with Gasteiger partial charge < -0.3 is 15.6 Å². The highest BCUT2D eigenvalue weighted by Gasteiger charge is 2.35. The fourth-order valence-electron chi connectivity index (χ4n) is 2.57. The summed E-state index contributed by atoms with van der Waals surface area (Å²) >= 11 is 7.12. The summed E-state index contributed by atoms with van der Waals surface area (Å²) in [5.41, 5.74) is 10.6. The average Bonchev–Trinajstić information content (AvgIpc) is 3.15. The Morgan fingerprint density at radius 2 is 1.83 bits per heavy atom. The number of benzene rings is 2. The molecule has 0 radical (unpaired) electrons. The first-order valence-corrected chi connectivity index (χ1v) is 9.88. The van der Waals surface area contributed by atoms with Crippen LogP contribution in [0.3, 0.4) is 0 Å². The van der Waals surface area contributed by atoms with Crippen LogP contribution in [0.15, 0.2) is 60.7 Å². The number of halogens is 1. The summed E-state index contributed by atoms with van der Waals surface area (Å²) < 4.78 is 4.82. The number of Topliss-reactive ketones (excluding diaryl/α,β-unsaturated/α-hetero) is 1. The minimum Gasteiger partial charge on any atom is -0.457 e. The molecular formula is C21H16ClN3O3S. The van der Waals surface area contributed by atoms with E-state index in [2.05, 4.69) is 10.1 Å². The predicted octanol–water partition coefficient (Wildman–Crippen LogP) is 5.23. The Kier molecular flexibility index (Phi) is 6.57. The zero-order valence-electron chi connectivity index (χ0n) is 15.4. The molecule has 0 spiro atoms. The summed E-state index contributed by atoms with van der Waals surface area (Å²) in [5, 5.41) is 3.75. The lowest BCUT2D eigenvalue weighted by molar-refractivity contribution is -0.139. The lowest BCUT2D eigenvalue weighted by Gasteiger charge is -2.06. The minimum atomic E-state index is -0.980. The van der Waals surface area contributed by atoms with Crippen LogP contribution in [0.4, 0.5) is 11.4 Å². The Balaban J connectivity index is 2.04. The number of nitrogens with zero attached hydrogens (tertiary/aromatic N) is 2. The zero-order valence-corrected chi connectivity index (χ0v) is 17.0. The summed E-state index contributed by atoms with van der Waals surface area (Å²) in [6.45, 7) is 1.66. The Hall–Kier alpha value is -3.25. The summed E-state index contributed by atoms with van der Waals surface area (Å²) in [4.78, 5) is 28.9. The molecule has 0 aliphatic rings. The van der Waals surface area contributed by atoms with Gasteiger partial charge in [-0.2, -0.15) is 4.79 Å². The highest BCUT2D eigenvalue weighted by molar-refractivity contribution is 7.19. The first-order chi connectivity index (χ1) is 14.0. The maximum atomic E-state index is 13.0. The molecule has 0 unspecified atom stereocenters. The van der Waals surface area contributed by atoms with Crippen molar-refractivity contribution in [2.24, 2.45) is 0 Å². The zero-order chi connectivity index (χ0) is 20.8. The maximum Gasteiger partial charge on any atom is 0.447 e. The molecule has 0 atom stereocenters. The number of hydrogen-bond donors (Lipinski definition) is 1. The molecular weight excluding hydrogens is 410 g/mol. The molecule has 3 rings (SSSR count). The van der Waals surface area contributed by atoms with Crippen molar-refractivity contribution in [3.63, 3.8) is 0 Å². The number of rotatable bonds is 7. The second-order valence-electron chi connectivity index (χ2n) is 5.85. The van der Waals surface area contributed by atoms with Crippen molar-refractivity contribution < 1.29 is 19.1 Å². The smallest absolute Gasteiger partial charge is 0.447 e. The molecule has 0 aliphatic carbocycles. The van der Waals surface area contributed by atoms with E-state index in [4.69, 9.17) is 16.3 Å². The third-order valence-corrected chi connectivity index (χ3v) is 5.34. The summed E-state index contributed by atoms with van der Waals surface area (Å²) in [6, 6.07) is 18.3. The first-order valence-electron chi connectivity index (χ1n) is 8.69. The number of thiophene rings is 1. The topological polar surface area (TPSA) is 91.8 Å². The van der Waals surface area contributed by atoms with Crippen LogP contribution < -0.4 is 5.32 Å². The largest absolute Gasteiger partial charge is 0.457 e. The molecule has 146 valence electrons. The van der Waals surface area contributed by atoms with Crippen LogP contribution in [0.2, 0.25) is 5.02 Å². The average molecular weight is 426 g/mol. The molecule has 0 bridgehead atoms. The Bertz CT molecular complexity index is 1090. The van der Waals surface area contributed by atoms with E-state index >= 15 is 0 Å². The Morgan fingerprint density at radius 3 is 2.45 bits per heavy atom. The number of anilines is 2. The third kappa shape index (κ3) is 4.78. The van der Waals surface area contributed by atoms with Gasteiger partial charge in [-0.15, -0.1) is 11.3 Å². The summed E-state index contributed by atoms with van der Waals surface area (Å²) in [5.74, 6) is -1.71. The first kappa shape index (κ1) is 20.5. The van der Waals surface area contributed by atoms with E-state index in [0.717, 1.165) is 10.4 Å². The van der Waals surface area contributed by atoms with Crippen LogP contribution in [0.5, 0.6) is 0 Å². The molecule has 2 aromatic carbocycles. The van der Waals surface area contributed by atoms with E-state index in [1.165, 1.54) is 11.3 Å². The monoisotopic (exact) mass is 425 g/mol. The van der Waals surface area contributed by atoms with Gasteiger partial charge in [-0.05, 0) is 42.8 Å². The summed E-state index contributed by atoms with van der Waals surface area (Å²) in [7, 11) is 0. The van der Waals surface area contributed by atoms with Gasteiger partial charge in [0.05, 0.1) is 12.3 Å². The van der Waals surface area contributed by atoms with Gasteiger partial charge in [0.25, 0.3) is 5.78 Å². The Morgan fingerprint density at radius 1 is 1.14 bits per heavy atom. The highest BCUT2D eigenvalue weighted by Crippen LogP contribution is 2.37. The molecule has 6 nitrogen and oxygen atoms in total. The normalized spacial score (nSPS) is 10.1. The van der Waals surface area contributed by atoms with Crippen molar-refractivity contribution in [3.05, 3.63) is 76.1 Å². The van der Waals surface area contributed by atoms with Crippen molar-refractivity contribution in [2.75, 3.05) is 11.9 Å². The number of nitrogens with one attached hydrogen (secondary N) is 1. The predicted molar refractivity (Wildman–Crippen MR) is 114 cm³/mol. The van der Waals surface area contributed by atoms with Gasteiger partial charge in [0.15, 0.2) is 0 Å². The van der Waals surface area contributed by atoms with E-state index in [0.29, 0.717) is 16.4 Å². The molecule has 8 heteroatoms. The van der Waals surface area contributed by atoms with Gasteiger partial charge >= 0.3 is 11.7 Å². The quantitative estimate of drug-likeness (QED) is 0.140. The molecule has 0 saturated carbocycles. The fourth-order valence-corrected chi connectivity index (χ4v) is 3.76. The third-order valence-electron chi connectivity index (χ3n) is 3.90. The van der Waals surface area contributed by atoms with Crippen molar-refractivity contribution in [1.82, 2.24) is 0 Å². The van der Waals surface area contributed by atoms with E-state index in [9.17, 15) is 15.1 Å². The van der Waals surface area contributed by atoms with Crippen molar-refractivity contribution in [3.8, 4) is 10.4 Å². The van der Waals surface area contributed by atoms with E-state index in [1.807, 2.05) is 36.4 Å². The number of ketones is 1. The molecule has 1 N–H and O–H groups in total. The number of esters is 1. The fraction of sp³-hybridized carbons (Fsp3) is 0.0952. The molecule has 1 aromatic heterocycles. The lowest BCUT2D eigenvalue weighted by Crippen LogP contribution is -2.27. The number of ether oxygens (including phenoxy) is 1. The van der Waals surface area contributed by atoms with Crippen LogP contribution in [0.1, 0.15) is 16.6 Å². The molecule has 0 aliphatic heterocycles. The van der Waals surface area contributed by atoms with Gasteiger partial charge in [0.1, 0.15) is 4.88 Å². The molecule has 1 heterocycles. The maximum absolute atomic E-state index is 13.0. The van der Waals surface area contributed by atoms with Crippen molar-refractivity contribution >= 4 is 51.8 Å². The number of hydrogen-bond acceptors (Lipinski definition) is 5. The standard InChI is InChI=1S/C21H16ClN3O3S/c1-2-28-21(27)18(25-23)19(26)20-16(24-15-10-8-14(22)9-11-15)12-17(29-20)13-6-4-3-5-7-13/h3-12,24H,2H2,1H3. The highest BCUT2D eigenvalue weighted by atomic mass is 35.5. The Labute approximate surface area is 176 Å². The second-order valence-corrected chi connectivity index (χ2v) is 7.34. The van der Waals surface area contributed by atoms with Crippen LogP contribution in [0, 0.1) is 0 Å². The second kappa shape index (κ2) is 9.30. The van der Waals surface area contributed by atoms with Crippen molar-refractivity contribution in [2.45, 2.75) is 6.92 Å². The SMILES string of the molecule is CCOC(=O)C(=[N+]=[N-])C(=O)c1sc(-c2ccccc2)cc1Nc1ccc(Cl)cc1. The molecule has 29 heavy (non-hydrogen) atoms. The summed E-state index contributed by atoms with van der Waals surface area (Å²) in [6.07, 6.45) is 0.